The molecule has 21 heavy (non-hydrogen) atoms. The number of nitrogens with zero attached hydrogens (tertiary/aromatic N) is 2. The van der Waals surface area contributed by atoms with Crippen LogP contribution in [0.2, 0.25) is 0 Å². The Hall–Kier alpha value is -1.13. The molecule has 0 aliphatic carbocycles. The first kappa shape index (κ1) is 14.8. The lowest BCUT2D eigenvalue weighted by atomic mass is 10.3. The van der Waals surface area contributed by atoms with Crippen LogP contribution in [0.4, 0.5) is 5.69 Å². The lowest BCUT2D eigenvalue weighted by molar-refractivity contribution is 0.877. The molecule has 0 amide bonds. The summed E-state index contributed by atoms with van der Waals surface area (Å²) in [4.78, 5) is 7.23. The van der Waals surface area contributed by atoms with Gasteiger partial charge in [0.05, 0.1) is 11.4 Å². The van der Waals surface area contributed by atoms with Gasteiger partial charge in [-0.15, -0.1) is 0 Å². The predicted octanol–water partition coefficient (Wildman–Crippen LogP) is 4.07. The minimum atomic E-state index is 1.02. The van der Waals surface area contributed by atoms with Crippen molar-refractivity contribution in [2.45, 2.75) is 11.5 Å². The minimum Gasteiger partial charge on any atom is -0.370 e. The third kappa shape index (κ3) is 4.42. The topological polar surface area (TPSA) is 16.1 Å². The Morgan fingerprint density at radius 2 is 1.38 bits per heavy atom. The van der Waals surface area contributed by atoms with Gasteiger partial charge in [0.2, 0.25) is 0 Å². The second-order valence-corrected chi connectivity index (χ2v) is 7.26. The Morgan fingerprint density at radius 3 is 2.00 bits per heavy atom. The van der Waals surface area contributed by atoms with E-state index in [2.05, 4.69) is 53.4 Å². The van der Waals surface area contributed by atoms with Crippen molar-refractivity contribution in [3.05, 3.63) is 59.9 Å². The summed E-state index contributed by atoms with van der Waals surface area (Å²) in [6, 6.07) is 17.2. The molecule has 0 spiro atoms. The fourth-order valence-corrected chi connectivity index (χ4v) is 4.13. The van der Waals surface area contributed by atoms with Crippen molar-refractivity contribution in [3.63, 3.8) is 0 Å². The molecule has 2 nitrogen and oxygen atoms in total. The standard InChI is InChI=1S/C17H20N2S2/c1-2-7-17(8-3-1)19-9-11-20-13-15-5-4-6-16(18-15)14-21-12-10-19/h1-8H,9-14H2. The molecular formula is C17H20N2S2. The highest BCUT2D eigenvalue weighted by atomic mass is 32.2. The Bertz CT molecular complexity index is 532. The van der Waals surface area contributed by atoms with Gasteiger partial charge in [0.15, 0.2) is 0 Å². The van der Waals surface area contributed by atoms with Gasteiger partial charge < -0.3 is 4.90 Å². The number of benzene rings is 1. The van der Waals surface area contributed by atoms with Gasteiger partial charge in [0.1, 0.15) is 0 Å². The van der Waals surface area contributed by atoms with Crippen LogP contribution >= 0.6 is 23.5 Å². The normalized spacial score (nSPS) is 16.9. The van der Waals surface area contributed by atoms with Crippen molar-refractivity contribution >= 4 is 29.2 Å². The summed E-state index contributed by atoms with van der Waals surface area (Å²) in [6.07, 6.45) is 0. The van der Waals surface area contributed by atoms with Gasteiger partial charge in [-0.25, -0.2) is 0 Å². The van der Waals surface area contributed by atoms with Crippen LogP contribution in [0.25, 0.3) is 0 Å². The lowest BCUT2D eigenvalue weighted by Gasteiger charge is -2.25. The molecule has 0 atom stereocenters. The number of rotatable bonds is 1. The van der Waals surface area contributed by atoms with E-state index in [1.807, 2.05) is 23.5 Å². The highest BCUT2D eigenvalue weighted by Crippen LogP contribution is 2.19. The minimum absolute atomic E-state index is 1.02. The summed E-state index contributed by atoms with van der Waals surface area (Å²) >= 11 is 3.95. The van der Waals surface area contributed by atoms with E-state index in [-0.39, 0.29) is 0 Å². The van der Waals surface area contributed by atoms with E-state index in [0.717, 1.165) is 36.1 Å². The number of aromatic nitrogens is 1. The predicted molar refractivity (Wildman–Crippen MR) is 95.2 cm³/mol. The Labute approximate surface area is 135 Å². The van der Waals surface area contributed by atoms with Crippen LogP contribution in [-0.4, -0.2) is 29.6 Å². The van der Waals surface area contributed by atoms with Crippen molar-refractivity contribution in [1.82, 2.24) is 4.98 Å². The van der Waals surface area contributed by atoms with Crippen LogP contribution in [0.5, 0.6) is 0 Å². The molecule has 0 unspecified atom stereocenters. The van der Waals surface area contributed by atoms with Crippen LogP contribution in [0.3, 0.4) is 0 Å². The van der Waals surface area contributed by atoms with E-state index in [9.17, 15) is 0 Å². The van der Waals surface area contributed by atoms with E-state index >= 15 is 0 Å². The van der Waals surface area contributed by atoms with E-state index in [4.69, 9.17) is 4.98 Å². The third-order valence-corrected chi connectivity index (χ3v) is 5.44. The summed E-state index contributed by atoms with van der Waals surface area (Å²) in [5.74, 6) is 4.32. The second-order valence-electron chi connectivity index (χ2n) is 5.05. The van der Waals surface area contributed by atoms with Crippen molar-refractivity contribution in [2.75, 3.05) is 29.5 Å². The number of para-hydroxylation sites is 1. The van der Waals surface area contributed by atoms with E-state index in [1.54, 1.807) is 0 Å². The zero-order valence-electron chi connectivity index (χ0n) is 12.1. The molecule has 2 heterocycles. The molecule has 1 aliphatic heterocycles. The first-order valence-electron chi connectivity index (χ1n) is 7.32. The molecule has 0 saturated carbocycles. The largest absolute Gasteiger partial charge is 0.370 e. The van der Waals surface area contributed by atoms with Gasteiger partial charge in [-0.1, -0.05) is 24.3 Å². The molecule has 110 valence electrons. The maximum atomic E-state index is 4.73. The van der Waals surface area contributed by atoms with Crippen LogP contribution in [-0.2, 0) is 11.5 Å². The zero-order chi connectivity index (χ0) is 14.3. The first-order valence-corrected chi connectivity index (χ1v) is 9.63. The summed E-state index contributed by atoms with van der Waals surface area (Å²) < 4.78 is 0. The molecule has 0 N–H and O–H groups in total. The number of hydrogen-bond donors (Lipinski definition) is 0. The maximum absolute atomic E-state index is 4.73. The summed E-state index contributed by atoms with van der Waals surface area (Å²) in [6.45, 7) is 2.21. The van der Waals surface area contributed by atoms with Crippen molar-refractivity contribution < 1.29 is 0 Å². The van der Waals surface area contributed by atoms with E-state index < -0.39 is 0 Å². The molecule has 0 fully saturated rings. The van der Waals surface area contributed by atoms with Gasteiger partial charge >= 0.3 is 0 Å². The average molecular weight is 316 g/mol. The Kier molecular flexibility index (Phi) is 5.46. The maximum Gasteiger partial charge on any atom is 0.0506 e. The zero-order valence-corrected chi connectivity index (χ0v) is 13.7. The molecule has 3 rings (SSSR count). The van der Waals surface area contributed by atoms with Crippen molar-refractivity contribution in [2.24, 2.45) is 0 Å². The monoisotopic (exact) mass is 316 g/mol. The SMILES string of the molecule is c1ccc(N2CCSCc3cccc(n3)CSCC2)cc1. The van der Waals surface area contributed by atoms with Gasteiger partial charge in [-0.3, -0.25) is 4.98 Å². The number of pyridine rings is 1. The molecule has 1 aromatic carbocycles. The number of hydrogen-bond acceptors (Lipinski definition) is 4. The highest BCUT2D eigenvalue weighted by molar-refractivity contribution is 7.98. The molecule has 2 bridgehead atoms. The third-order valence-electron chi connectivity index (χ3n) is 3.50. The molecular weight excluding hydrogens is 296 g/mol. The highest BCUT2D eigenvalue weighted by Gasteiger charge is 2.08. The van der Waals surface area contributed by atoms with E-state index in [1.165, 1.54) is 17.1 Å². The van der Waals surface area contributed by atoms with Gasteiger partial charge in [-0.2, -0.15) is 23.5 Å². The fraction of sp³-hybridized carbons (Fsp3) is 0.353. The number of fused-ring (bicyclic) bond motifs is 2. The van der Waals surface area contributed by atoms with Gasteiger partial charge in [0.25, 0.3) is 0 Å². The lowest BCUT2D eigenvalue weighted by Crippen LogP contribution is -2.28. The number of thioether (sulfide) groups is 2. The van der Waals surface area contributed by atoms with Crippen molar-refractivity contribution in [3.8, 4) is 0 Å². The van der Waals surface area contributed by atoms with Crippen LogP contribution in [0.15, 0.2) is 48.5 Å². The quantitative estimate of drug-likeness (QED) is 0.788. The van der Waals surface area contributed by atoms with E-state index in [0.29, 0.717) is 0 Å². The number of anilines is 1. The average Bonchev–Trinajstić information content (AvgIpc) is 2.53. The van der Waals surface area contributed by atoms with Crippen LogP contribution in [0.1, 0.15) is 11.4 Å². The first-order chi connectivity index (χ1) is 10.4. The molecule has 1 aromatic heterocycles. The Morgan fingerprint density at radius 1 is 0.762 bits per heavy atom. The summed E-state index contributed by atoms with van der Waals surface area (Å²) in [7, 11) is 0. The summed E-state index contributed by atoms with van der Waals surface area (Å²) in [5.41, 5.74) is 3.77. The summed E-state index contributed by atoms with van der Waals surface area (Å²) in [5, 5.41) is 0. The molecule has 2 aromatic rings. The molecule has 4 heteroatoms. The van der Waals surface area contributed by atoms with Gasteiger partial charge in [0, 0.05) is 41.8 Å². The second kappa shape index (κ2) is 7.76. The molecule has 0 radical (unpaired) electrons. The molecule has 0 saturated heterocycles. The van der Waals surface area contributed by atoms with Crippen molar-refractivity contribution in [1.29, 1.82) is 0 Å². The Balaban J connectivity index is 1.68. The van der Waals surface area contributed by atoms with Crippen LogP contribution in [0, 0.1) is 0 Å². The van der Waals surface area contributed by atoms with Gasteiger partial charge in [-0.05, 0) is 24.3 Å². The van der Waals surface area contributed by atoms with Crippen LogP contribution < -0.4 is 4.90 Å². The smallest absolute Gasteiger partial charge is 0.0506 e. The molecule has 1 aliphatic rings. The fourth-order valence-electron chi connectivity index (χ4n) is 2.40.